The van der Waals surface area contributed by atoms with E-state index in [1.165, 1.54) is 7.11 Å². The van der Waals surface area contributed by atoms with Gasteiger partial charge in [0.15, 0.2) is 0 Å². The number of fused-ring (bicyclic) bond motifs is 1. The van der Waals surface area contributed by atoms with Crippen LogP contribution in [0, 0.1) is 5.92 Å². The van der Waals surface area contributed by atoms with Gasteiger partial charge in [0.1, 0.15) is 6.04 Å². The molecule has 1 saturated heterocycles. The van der Waals surface area contributed by atoms with Crippen molar-refractivity contribution in [3.63, 3.8) is 0 Å². The molecule has 0 bridgehead atoms. The number of amides is 3. The molecule has 9 heteroatoms. The van der Waals surface area contributed by atoms with Gasteiger partial charge in [0.05, 0.1) is 19.7 Å². The van der Waals surface area contributed by atoms with Crippen molar-refractivity contribution >= 4 is 34.5 Å². The largest absolute Gasteiger partial charge is 0.467 e. The highest BCUT2D eigenvalue weighted by atomic mass is 16.5. The van der Waals surface area contributed by atoms with E-state index in [-0.39, 0.29) is 30.7 Å². The predicted molar refractivity (Wildman–Crippen MR) is 147 cm³/mol. The van der Waals surface area contributed by atoms with E-state index in [4.69, 9.17) is 4.74 Å². The molecule has 0 aromatic heterocycles. The normalized spacial score (nSPS) is 16.2. The number of nitrogens with one attached hydrogen (secondary N) is 4. The Balaban J connectivity index is 1.41. The van der Waals surface area contributed by atoms with Crippen LogP contribution in [0.3, 0.4) is 0 Å². The summed E-state index contributed by atoms with van der Waals surface area (Å²) in [6, 6.07) is 22.2. The zero-order chi connectivity index (χ0) is 27.6. The van der Waals surface area contributed by atoms with Gasteiger partial charge in [-0.05, 0) is 41.2 Å². The van der Waals surface area contributed by atoms with Crippen LogP contribution in [-0.4, -0.2) is 56.0 Å². The van der Waals surface area contributed by atoms with Crippen LogP contribution < -0.4 is 21.3 Å². The highest BCUT2D eigenvalue weighted by molar-refractivity contribution is 5.91. The van der Waals surface area contributed by atoms with Gasteiger partial charge >= 0.3 is 5.97 Å². The molecular weight excluding hydrogens is 496 g/mol. The number of hydrogen-bond acceptors (Lipinski definition) is 6. The quantitative estimate of drug-likeness (QED) is 0.265. The summed E-state index contributed by atoms with van der Waals surface area (Å²) in [4.78, 5) is 50.2. The number of rotatable bonds is 12. The summed E-state index contributed by atoms with van der Waals surface area (Å²) in [7, 11) is 1.23. The molecule has 39 heavy (non-hydrogen) atoms. The van der Waals surface area contributed by atoms with Crippen molar-refractivity contribution in [3.05, 3.63) is 83.9 Å². The van der Waals surface area contributed by atoms with Crippen LogP contribution in [0.5, 0.6) is 0 Å². The summed E-state index contributed by atoms with van der Waals surface area (Å²) in [5.41, 5.74) is 2.04. The summed E-state index contributed by atoms with van der Waals surface area (Å²) in [6.45, 7) is 0.696. The number of hydrogen-bond donors (Lipinski definition) is 4. The van der Waals surface area contributed by atoms with E-state index in [9.17, 15) is 19.2 Å². The molecule has 3 atom stereocenters. The van der Waals surface area contributed by atoms with E-state index < -0.39 is 24.0 Å². The molecule has 0 saturated carbocycles. The monoisotopic (exact) mass is 530 g/mol. The van der Waals surface area contributed by atoms with Crippen LogP contribution in [0.25, 0.3) is 10.8 Å². The minimum atomic E-state index is -0.976. The fourth-order valence-corrected chi connectivity index (χ4v) is 4.83. The van der Waals surface area contributed by atoms with Gasteiger partial charge in [0, 0.05) is 19.0 Å². The van der Waals surface area contributed by atoms with Gasteiger partial charge in [-0.3, -0.25) is 14.4 Å². The van der Waals surface area contributed by atoms with E-state index >= 15 is 0 Å². The second-order valence-corrected chi connectivity index (χ2v) is 9.63. The molecule has 4 rings (SSSR count). The minimum absolute atomic E-state index is 0.139. The maximum absolute atomic E-state index is 13.3. The Morgan fingerprint density at radius 3 is 2.46 bits per heavy atom. The molecule has 3 unspecified atom stereocenters. The summed E-state index contributed by atoms with van der Waals surface area (Å²) < 4.78 is 4.82. The molecule has 1 fully saturated rings. The Kier molecular flexibility index (Phi) is 9.64. The predicted octanol–water partition coefficient (Wildman–Crippen LogP) is 1.84. The maximum Gasteiger partial charge on any atom is 0.328 e. The minimum Gasteiger partial charge on any atom is -0.467 e. The fourth-order valence-electron chi connectivity index (χ4n) is 4.83. The van der Waals surface area contributed by atoms with Crippen molar-refractivity contribution in [1.29, 1.82) is 0 Å². The number of esters is 1. The second-order valence-electron chi connectivity index (χ2n) is 9.63. The molecule has 1 heterocycles. The molecule has 0 aliphatic carbocycles. The highest BCUT2D eigenvalue weighted by Crippen LogP contribution is 2.20. The van der Waals surface area contributed by atoms with Crippen molar-refractivity contribution in [1.82, 2.24) is 21.3 Å². The van der Waals surface area contributed by atoms with E-state index in [1.54, 1.807) is 0 Å². The average Bonchev–Trinajstić information content (AvgIpc) is 3.37. The van der Waals surface area contributed by atoms with Crippen LogP contribution in [-0.2, 0) is 36.9 Å². The van der Waals surface area contributed by atoms with Crippen molar-refractivity contribution in [3.8, 4) is 0 Å². The molecule has 3 aromatic rings. The molecule has 0 spiro atoms. The van der Waals surface area contributed by atoms with Gasteiger partial charge in [-0.25, -0.2) is 4.79 Å². The molecule has 1 aliphatic heterocycles. The summed E-state index contributed by atoms with van der Waals surface area (Å²) >= 11 is 0. The zero-order valence-electron chi connectivity index (χ0n) is 21.9. The highest BCUT2D eigenvalue weighted by Gasteiger charge is 2.32. The first-order valence-corrected chi connectivity index (χ1v) is 13.1. The van der Waals surface area contributed by atoms with Gasteiger partial charge in [-0.15, -0.1) is 0 Å². The van der Waals surface area contributed by atoms with Gasteiger partial charge < -0.3 is 26.0 Å². The van der Waals surface area contributed by atoms with Crippen LogP contribution in [0.1, 0.15) is 24.0 Å². The lowest BCUT2D eigenvalue weighted by Crippen LogP contribution is -2.50. The molecule has 0 radical (unpaired) electrons. The third-order valence-corrected chi connectivity index (χ3v) is 6.94. The number of carbonyl (C=O) groups excluding carboxylic acids is 4. The number of methoxy groups -OCH3 is 1. The van der Waals surface area contributed by atoms with E-state index in [1.807, 2.05) is 72.8 Å². The second kappa shape index (κ2) is 13.5. The number of carbonyl (C=O) groups is 4. The average molecular weight is 531 g/mol. The third-order valence-electron chi connectivity index (χ3n) is 6.94. The lowest BCUT2D eigenvalue weighted by molar-refractivity contribution is -0.145. The summed E-state index contributed by atoms with van der Waals surface area (Å²) in [5, 5.41) is 13.5. The molecule has 204 valence electrons. The SMILES string of the molecule is COC(=O)C(CC1CCNC1=O)NC(=O)CNC(=O)C(Cc1cccc2ccccc12)NCc1ccccc1. The van der Waals surface area contributed by atoms with Gasteiger partial charge in [-0.1, -0.05) is 72.8 Å². The molecule has 3 amide bonds. The van der Waals surface area contributed by atoms with Crippen molar-refractivity contribution in [2.75, 3.05) is 20.2 Å². The van der Waals surface area contributed by atoms with Gasteiger partial charge in [-0.2, -0.15) is 0 Å². The van der Waals surface area contributed by atoms with Crippen LogP contribution in [0.15, 0.2) is 72.8 Å². The Bertz CT molecular complexity index is 1310. The van der Waals surface area contributed by atoms with E-state index in [2.05, 4.69) is 21.3 Å². The Morgan fingerprint density at radius 1 is 0.974 bits per heavy atom. The van der Waals surface area contributed by atoms with Crippen LogP contribution >= 0.6 is 0 Å². The Labute approximate surface area is 227 Å². The lowest BCUT2D eigenvalue weighted by Gasteiger charge is -2.21. The maximum atomic E-state index is 13.3. The molecule has 9 nitrogen and oxygen atoms in total. The fraction of sp³-hybridized carbons (Fsp3) is 0.333. The van der Waals surface area contributed by atoms with Gasteiger partial charge in [0.2, 0.25) is 17.7 Å². The van der Waals surface area contributed by atoms with Crippen LogP contribution in [0.2, 0.25) is 0 Å². The molecule has 4 N–H and O–H groups in total. The Morgan fingerprint density at radius 2 is 1.72 bits per heavy atom. The molecule has 3 aromatic carbocycles. The zero-order valence-corrected chi connectivity index (χ0v) is 21.9. The topological polar surface area (TPSA) is 126 Å². The first-order chi connectivity index (χ1) is 18.9. The summed E-state index contributed by atoms with van der Waals surface area (Å²) in [6.07, 6.45) is 1.14. The lowest BCUT2D eigenvalue weighted by atomic mass is 9.98. The Hall–Kier alpha value is -4.24. The van der Waals surface area contributed by atoms with Crippen molar-refractivity contribution in [2.24, 2.45) is 5.92 Å². The summed E-state index contributed by atoms with van der Waals surface area (Å²) in [5.74, 6) is -2.03. The third kappa shape index (κ3) is 7.64. The van der Waals surface area contributed by atoms with Crippen molar-refractivity contribution < 1.29 is 23.9 Å². The molecule has 1 aliphatic rings. The smallest absolute Gasteiger partial charge is 0.328 e. The first-order valence-electron chi connectivity index (χ1n) is 13.1. The number of benzene rings is 3. The van der Waals surface area contributed by atoms with Gasteiger partial charge in [0.25, 0.3) is 0 Å². The van der Waals surface area contributed by atoms with E-state index in [0.29, 0.717) is 25.9 Å². The standard InChI is InChI=1S/C30H34N4O5/c1-39-30(38)26(17-23-14-15-31-28(23)36)34-27(35)19-33-29(37)25(32-18-20-8-3-2-4-9-20)16-22-12-7-11-21-10-5-6-13-24(21)22/h2-13,23,25-26,32H,14-19H2,1H3,(H,31,36)(H,33,37)(H,34,35). The molecular formula is C30H34N4O5. The first kappa shape index (κ1) is 27.8. The van der Waals surface area contributed by atoms with E-state index in [0.717, 1.165) is 21.9 Å². The number of ether oxygens (including phenoxy) is 1. The van der Waals surface area contributed by atoms with Crippen LogP contribution in [0.4, 0.5) is 0 Å². The van der Waals surface area contributed by atoms with Crippen molar-refractivity contribution in [2.45, 2.75) is 37.9 Å².